The molecule has 1 unspecified atom stereocenters. The van der Waals surface area contributed by atoms with Gasteiger partial charge < -0.3 is 10.2 Å². The summed E-state index contributed by atoms with van der Waals surface area (Å²) in [5, 5.41) is 20.6. The van der Waals surface area contributed by atoms with E-state index in [0.29, 0.717) is 0 Å². The summed E-state index contributed by atoms with van der Waals surface area (Å²) >= 11 is 0. The van der Waals surface area contributed by atoms with E-state index < -0.39 is 5.60 Å². The van der Waals surface area contributed by atoms with Gasteiger partial charge in [0.05, 0.1) is 5.60 Å². The second kappa shape index (κ2) is 13.6. The van der Waals surface area contributed by atoms with Crippen molar-refractivity contribution in [3.8, 4) is 0 Å². The van der Waals surface area contributed by atoms with Gasteiger partial charge in [-0.1, -0.05) is 78.6 Å². The van der Waals surface area contributed by atoms with Gasteiger partial charge in [-0.25, -0.2) is 0 Å². The number of aliphatic hydroxyl groups is 2. The highest BCUT2D eigenvalue weighted by Crippen LogP contribution is 2.35. The van der Waals surface area contributed by atoms with Crippen molar-refractivity contribution in [3.05, 3.63) is 0 Å². The summed E-state index contributed by atoms with van der Waals surface area (Å²) in [5.41, 5.74) is -0.541. The molecule has 0 aliphatic carbocycles. The molecule has 0 amide bonds. The van der Waals surface area contributed by atoms with Crippen molar-refractivity contribution in [2.24, 2.45) is 5.92 Å². The maximum Gasteiger partial charge on any atom is 0.0676 e. The molecule has 1 atom stereocenters. The Morgan fingerprint density at radius 3 is 1.62 bits per heavy atom. The van der Waals surface area contributed by atoms with Crippen molar-refractivity contribution in [1.29, 1.82) is 0 Å². The van der Waals surface area contributed by atoms with E-state index in [-0.39, 0.29) is 12.5 Å². The highest BCUT2D eigenvalue weighted by molar-refractivity contribution is 4.86. The first-order valence-electron chi connectivity index (χ1n) is 9.47. The van der Waals surface area contributed by atoms with Crippen molar-refractivity contribution in [2.45, 2.75) is 110 Å². The van der Waals surface area contributed by atoms with E-state index in [4.69, 9.17) is 0 Å². The van der Waals surface area contributed by atoms with Crippen molar-refractivity contribution < 1.29 is 10.2 Å². The molecule has 0 aromatic heterocycles. The number of rotatable bonds is 15. The molecule has 2 heteroatoms. The minimum atomic E-state index is -0.541. The zero-order valence-corrected chi connectivity index (χ0v) is 14.9. The fourth-order valence-electron chi connectivity index (χ4n) is 3.37. The first-order valence-corrected chi connectivity index (χ1v) is 9.47. The van der Waals surface area contributed by atoms with Crippen LogP contribution in [0, 0.1) is 5.92 Å². The van der Waals surface area contributed by atoms with Gasteiger partial charge in [-0.05, 0) is 31.6 Å². The molecular weight excluding hydrogens is 260 g/mol. The quantitative estimate of drug-likeness (QED) is 0.394. The lowest BCUT2D eigenvalue weighted by atomic mass is 9.75. The number of hydrogen-bond donors (Lipinski definition) is 2. The molecule has 0 radical (unpaired) electrons. The molecule has 0 fully saturated rings. The van der Waals surface area contributed by atoms with Gasteiger partial charge in [-0.3, -0.25) is 0 Å². The van der Waals surface area contributed by atoms with Gasteiger partial charge in [0.1, 0.15) is 0 Å². The first-order chi connectivity index (χ1) is 10.1. The highest BCUT2D eigenvalue weighted by Gasteiger charge is 2.34. The van der Waals surface area contributed by atoms with Crippen LogP contribution >= 0.6 is 0 Å². The lowest BCUT2D eigenvalue weighted by Gasteiger charge is -2.37. The Labute approximate surface area is 133 Å². The normalized spacial score (nSPS) is 13.6. The summed E-state index contributed by atoms with van der Waals surface area (Å²) in [5.74, 6) is 0.280. The molecule has 0 bridgehead atoms. The Hall–Kier alpha value is -0.0800. The minimum absolute atomic E-state index is 0.209. The number of hydrogen-bond acceptors (Lipinski definition) is 2. The standard InChI is InChI=1S/C19H40O2/c1-4-7-10-13-18(14-17-20)19(21,15-11-8-5-2)16-12-9-6-3/h18,20-21H,4-17H2,1-3H3. The van der Waals surface area contributed by atoms with Gasteiger partial charge in [0.25, 0.3) is 0 Å². The Morgan fingerprint density at radius 2 is 1.19 bits per heavy atom. The third-order valence-corrected chi connectivity index (χ3v) is 4.82. The molecule has 0 saturated carbocycles. The Balaban J connectivity index is 4.62. The zero-order valence-electron chi connectivity index (χ0n) is 14.9. The third-order valence-electron chi connectivity index (χ3n) is 4.82. The maximum absolute atomic E-state index is 11.2. The van der Waals surface area contributed by atoms with Crippen LogP contribution in [0.4, 0.5) is 0 Å². The van der Waals surface area contributed by atoms with Gasteiger partial charge in [0.2, 0.25) is 0 Å². The van der Waals surface area contributed by atoms with Crippen LogP contribution in [0.3, 0.4) is 0 Å². The van der Waals surface area contributed by atoms with Crippen molar-refractivity contribution in [2.75, 3.05) is 6.61 Å². The van der Waals surface area contributed by atoms with Gasteiger partial charge in [0.15, 0.2) is 0 Å². The lowest BCUT2D eigenvalue weighted by molar-refractivity contribution is -0.0492. The summed E-state index contributed by atoms with van der Waals surface area (Å²) in [6.07, 6.45) is 14.4. The predicted octanol–water partition coefficient (Wildman–Crippen LogP) is 5.46. The highest BCUT2D eigenvalue weighted by atomic mass is 16.3. The second-order valence-electron chi connectivity index (χ2n) is 6.72. The molecule has 0 saturated heterocycles. The summed E-state index contributed by atoms with van der Waals surface area (Å²) in [6.45, 7) is 6.85. The number of unbranched alkanes of at least 4 members (excludes halogenated alkanes) is 6. The Morgan fingerprint density at radius 1 is 0.714 bits per heavy atom. The van der Waals surface area contributed by atoms with Gasteiger partial charge in [-0.15, -0.1) is 0 Å². The van der Waals surface area contributed by atoms with Crippen LogP contribution in [-0.2, 0) is 0 Å². The third kappa shape index (κ3) is 9.52. The molecular formula is C19H40O2. The summed E-state index contributed by atoms with van der Waals surface area (Å²) in [6, 6.07) is 0. The van der Waals surface area contributed by atoms with Crippen LogP contribution in [0.15, 0.2) is 0 Å². The summed E-state index contributed by atoms with van der Waals surface area (Å²) in [4.78, 5) is 0. The first kappa shape index (κ1) is 20.9. The molecule has 2 N–H and O–H groups in total. The Bertz CT molecular complexity index is 206. The van der Waals surface area contributed by atoms with E-state index in [0.717, 1.165) is 38.5 Å². The van der Waals surface area contributed by atoms with Crippen molar-refractivity contribution in [1.82, 2.24) is 0 Å². The van der Waals surface area contributed by atoms with Crippen LogP contribution in [0.2, 0.25) is 0 Å². The zero-order chi connectivity index (χ0) is 16.0. The van der Waals surface area contributed by atoms with Gasteiger partial charge in [-0.2, -0.15) is 0 Å². The monoisotopic (exact) mass is 300 g/mol. The largest absolute Gasteiger partial charge is 0.396 e. The molecule has 2 nitrogen and oxygen atoms in total. The van der Waals surface area contributed by atoms with Crippen LogP contribution in [0.25, 0.3) is 0 Å². The molecule has 0 spiro atoms. The minimum Gasteiger partial charge on any atom is -0.396 e. The maximum atomic E-state index is 11.2. The molecule has 0 rings (SSSR count). The van der Waals surface area contributed by atoms with Crippen LogP contribution in [0.5, 0.6) is 0 Å². The molecule has 128 valence electrons. The molecule has 0 aromatic carbocycles. The molecule has 0 heterocycles. The SMILES string of the molecule is CCCCCC(CCO)C(O)(CCCCC)CCCCC. The molecule has 0 aliphatic rings. The van der Waals surface area contributed by atoms with Crippen LogP contribution < -0.4 is 0 Å². The molecule has 0 aliphatic heterocycles. The summed E-state index contributed by atoms with van der Waals surface area (Å²) in [7, 11) is 0. The topological polar surface area (TPSA) is 40.5 Å². The summed E-state index contributed by atoms with van der Waals surface area (Å²) < 4.78 is 0. The lowest BCUT2D eigenvalue weighted by Crippen LogP contribution is -2.38. The molecule has 21 heavy (non-hydrogen) atoms. The van der Waals surface area contributed by atoms with E-state index in [1.807, 2.05) is 0 Å². The van der Waals surface area contributed by atoms with E-state index in [9.17, 15) is 10.2 Å². The van der Waals surface area contributed by atoms with Crippen LogP contribution in [-0.4, -0.2) is 22.4 Å². The fraction of sp³-hybridized carbons (Fsp3) is 1.00. The van der Waals surface area contributed by atoms with Gasteiger partial charge >= 0.3 is 0 Å². The number of aliphatic hydroxyl groups excluding tert-OH is 1. The van der Waals surface area contributed by atoms with E-state index in [1.165, 1.54) is 44.9 Å². The average molecular weight is 301 g/mol. The Kier molecular flexibility index (Phi) is 13.5. The van der Waals surface area contributed by atoms with Crippen LogP contribution in [0.1, 0.15) is 104 Å². The van der Waals surface area contributed by atoms with E-state index >= 15 is 0 Å². The van der Waals surface area contributed by atoms with Gasteiger partial charge in [0, 0.05) is 6.61 Å². The van der Waals surface area contributed by atoms with E-state index in [2.05, 4.69) is 20.8 Å². The smallest absolute Gasteiger partial charge is 0.0676 e. The van der Waals surface area contributed by atoms with Crippen molar-refractivity contribution >= 4 is 0 Å². The van der Waals surface area contributed by atoms with E-state index in [1.54, 1.807) is 0 Å². The predicted molar refractivity (Wildman–Crippen MR) is 92.6 cm³/mol. The average Bonchev–Trinajstić information content (AvgIpc) is 2.47. The molecule has 0 aromatic rings. The van der Waals surface area contributed by atoms with Crippen molar-refractivity contribution in [3.63, 3.8) is 0 Å². The second-order valence-corrected chi connectivity index (χ2v) is 6.72. The fourth-order valence-corrected chi connectivity index (χ4v) is 3.37.